The van der Waals surface area contributed by atoms with Crippen LogP contribution in [0.3, 0.4) is 0 Å². The van der Waals surface area contributed by atoms with Crippen molar-refractivity contribution in [2.24, 2.45) is 0 Å². The third-order valence-electron chi connectivity index (χ3n) is 4.65. The van der Waals surface area contributed by atoms with E-state index in [1.165, 1.54) is 17.0 Å². The Kier molecular flexibility index (Phi) is 5.22. The van der Waals surface area contributed by atoms with Gasteiger partial charge in [0.15, 0.2) is 0 Å². The quantitative estimate of drug-likeness (QED) is 0.867. The van der Waals surface area contributed by atoms with Crippen molar-refractivity contribution in [1.29, 1.82) is 0 Å². The predicted molar refractivity (Wildman–Crippen MR) is 104 cm³/mol. The number of hydrogen-bond donors (Lipinski definition) is 1. The van der Waals surface area contributed by atoms with Gasteiger partial charge in [-0.15, -0.1) is 0 Å². The number of halogens is 2. The molecule has 7 heteroatoms. The average molecular weight is 390 g/mol. The second-order valence-electron chi connectivity index (χ2n) is 7.13. The fourth-order valence-electron chi connectivity index (χ4n) is 3.21. The average Bonchev–Trinajstić information content (AvgIpc) is 2.59. The minimum absolute atomic E-state index is 0.00963. The summed E-state index contributed by atoms with van der Waals surface area (Å²) in [7, 11) is 1.71. The molecule has 2 amide bonds. The van der Waals surface area contributed by atoms with Crippen molar-refractivity contribution in [2.45, 2.75) is 25.9 Å². The molecule has 0 spiro atoms. The summed E-state index contributed by atoms with van der Waals surface area (Å²) in [6.07, 6.45) is 0. The molecule has 1 N–H and O–H groups in total. The number of carbonyl (C=O) groups is 2. The van der Waals surface area contributed by atoms with Crippen molar-refractivity contribution in [3.63, 3.8) is 0 Å². The van der Waals surface area contributed by atoms with Gasteiger partial charge in [0.25, 0.3) is 0 Å². The summed E-state index contributed by atoms with van der Waals surface area (Å²) in [5.74, 6) is -0.920. The normalized spacial score (nSPS) is 15.5. The van der Waals surface area contributed by atoms with Gasteiger partial charge >= 0.3 is 0 Å². The molecule has 1 heterocycles. The van der Waals surface area contributed by atoms with Crippen LogP contribution in [0.1, 0.15) is 19.4 Å². The number of nitrogens with one attached hydrogen (secondary N) is 1. The van der Waals surface area contributed by atoms with E-state index in [2.05, 4.69) is 5.32 Å². The summed E-state index contributed by atoms with van der Waals surface area (Å²) < 4.78 is 14.0. The van der Waals surface area contributed by atoms with Gasteiger partial charge in [0.05, 0.1) is 17.9 Å². The van der Waals surface area contributed by atoms with Crippen molar-refractivity contribution < 1.29 is 14.0 Å². The SMILES string of the molecule is CN(CC(=O)N1c2ccccc2NC(=O)C1(C)C)Cc1c(F)cccc1Cl. The maximum Gasteiger partial charge on any atom is 0.250 e. The summed E-state index contributed by atoms with van der Waals surface area (Å²) in [6.45, 7) is 3.59. The lowest BCUT2D eigenvalue weighted by Crippen LogP contribution is -2.60. The highest BCUT2D eigenvalue weighted by molar-refractivity contribution is 6.31. The van der Waals surface area contributed by atoms with E-state index < -0.39 is 11.4 Å². The second kappa shape index (κ2) is 7.29. The van der Waals surface area contributed by atoms with Gasteiger partial charge in [0.2, 0.25) is 11.8 Å². The van der Waals surface area contributed by atoms with Gasteiger partial charge in [0, 0.05) is 17.1 Å². The molecule has 1 aliphatic heterocycles. The molecule has 1 aliphatic rings. The molecule has 0 aromatic heterocycles. The first-order valence-electron chi connectivity index (χ1n) is 8.57. The van der Waals surface area contributed by atoms with Crippen LogP contribution in [0.25, 0.3) is 0 Å². The summed E-state index contributed by atoms with van der Waals surface area (Å²) >= 11 is 6.08. The van der Waals surface area contributed by atoms with E-state index in [0.717, 1.165) is 0 Å². The minimum atomic E-state index is -1.04. The zero-order valence-corrected chi connectivity index (χ0v) is 16.2. The fraction of sp³-hybridized carbons (Fsp3) is 0.300. The van der Waals surface area contributed by atoms with E-state index in [1.54, 1.807) is 50.1 Å². The van der Waals surface area contributed by atoms with Gasteiger partial charge in [-0.05, 0) is 45.2 Å². The summed E-state index contributed by atoms with van der Waals surface area (Å²) in [5.41, 5.74) is 0.534. The first-order valence-corrected chi connectivity index (χ1v) is 8.94. The standard InChI is InChI=1S/C20H21ClFN3O2/c1-20(2)19(27)23-16-9-4-5-10-17(16)25(20)18(26)12-24(3)11-13-14(21)7-6-8-15(13)22/h4-10H,11-12H2,1-3H3,(H,23,27). The molecule has 5 nitrogen and oxygen atoms in total. The molecular weight excluding hydrogens is 369 g/mol. The van der Waals surface area contributed by atoms with E-state index in [4.69, 9.17) is 11.6 Å². The molecule has 2 aromatic rings. The molecule has 0 saturated carbocycles. The highest BCUT2D eigenvalue weighted by Crippen LogP contribution is 2.36. The molecule has 0 fully saturated rings. The van der Waals surface area contributed by atoms with Crippen molar-refractivity contribution in [3.05, 3.63) is 58.9 Å². The van der Waals surface area contributed by atoms with Crippen molar-refractivity contribution in [3.8, 4) is 0 Å². The van der Waals surface area contributed by atoms with Gasteiger partial charge in [-0.2, -0.15) is 0 Å². The summed E-state index contributed by atoms with van der Waals surface area (Å²) in [5, 5.41) is 3.15. The van der Waals surface area contributed by atoms with Crippen LogP contribution >= 0.6 is 11.6 Å². The number of hydrogen-bond acceptors (Lipinski definition) is 3. The number of fused-ring (bicyclic) bond motifs is 1. The van der Waals surface area contributed by atoms with Gasteiger partial charge in [-0.1, -0.05) is 29.8 Å². The summed E-state index contributed by atoms with van der Waals surface area (Å²) in [6, 6.07) is 11.7. The summed E-state index contributed by atoms with van der Waals surface area (Å²) in [4.78, 5) is 28.7. The monoisotopic (exact) mass is 389 g/mol. The van der Waals surface area contributed by atoms with E-state index in [0.29, 0.717) is 22.0 Å². The highest BCUT2D eigenvalue weighted by Gasteiger charge is 2.43. The number of benzene rings is 2. The maximum atomic E-state index is 14.0. The van der Waals surface area contributed by atoms with Gasteiger partial charge < -0.3 is 5.32 Å². The Bertz CT molecular complexity index is 880. The van der Waals surface area contributed by atoms with Crippen molar-refractivity contribution in [1.82, 2.24) is 4.90 Å². The number of amides is 2. The van der Waals surface area contributed by atoms with E-state index in [1.807, 2.05) is 6.07 Å². The van der Waals surface area contributed by atoms with Crippen LogP contribution in [-0.2, 0) is 16.1 Å². The van der Waals surface area contributed by atoms with E-state index in [-0.39, 0.29) is 24.9 Å². The van der Waals surface area contributed by atoms with E-state index >= 15 is 0 Å². The van der Waals surface area contributed by atoms with Crippen LogP contribution < -0.4 is 10.2 Å². The Balaban J connectivity index is 1.83. The molecule has 142 valence electrons. The van der Waals surface area contributed by atoms with Crippen LogP contribution in [0, 0.1) is 5.82 Å². The number of carbonyl (C=O) groups excluding carboxylic acids is 2. The molecule has 3 rings (SSSR count). The molecule has 0 radical (unpaired) electrons. The number of anilines is 2. The minimum Gasteiger partial charge on any atom is -0.322 e. The largest absolute Gasteiger partial charge is 0.322 e. The second-order valence-corrected chi connectivity index (χ2v) is 7.54. The lowest BCUT2D eigenvalue weighted by atomic mass is 9.96. The van der Waals surface area contributed by atoms with Crippen LogP contribution in [0.5, 0.6) is 0 Å². The van der Waals surface area contributed by atoms with Crippen molar-refractivity contribution >= 4 is 34.8 Å². The molecule has 0 saturated heterocycles. The lowest BCUT2D eigenvalue weighted by molar-refractivity contribution is -0.127. The van der Waals surface area contributed by atoms with Gasteiger partial charge in [-0.3, -0.25) is 19.4 Å². The third-order valence-corrected chi connectivity index (χ3v) is 5.01. The first kappa shape index (κ1) is 19.3. The highest BCUT2D eigenvalue weighted by atomic mass is 35.5. The molecule has 0 aliphatic carbocycles. The number of nitrogens with zero attached hydrogens (tertiary/aromatic N) is 2. The smallest absolute Gasteiger partial charge is 0.250 e. The van der Waals surface area contributed by atoms with Gasteiger partial charge in [-0.25, -0.2) is 4.39 Å². The first-order chi connectivity index (χ1) is 12.7. The third kappa shape index (κ3) is 3.68. The van der Waals surface area contributed by atoms with E-state index in [9.17, 15) is 14.0 Å². The van der Waals surface area contributed by atoms with Crippen LogP contribution in [0.2, 0.25) is 5.02 Å². The predicted octanol–water partition coefficient (Wildman–Crippen LogP) is 3.67. The molecule has 0 unspecified atom stereocenters. The number of para-hydroxylation sites is 2. The molecule has 2 aromatic carbocycles. The topological polar surface area (TPSA) is 52.7 Å². The maximum absolute atomic E-state index is 14.0. The zero-order valence-electron chi connectivity index (χ0n) is 15.4. The van der Waals surface area contributed by atoms with Crippen LogP contribution in [0.15, 0.2) is 42.5 Å². The molecule has 0 bridgehead atoms. The van der Waals surface area contributed by atoms with Crippen LogP contribution in [-0.4, -0.2) is 35.8 Å². The molecular formula is C20H21ClFN3O2. The Morgan fingerprint density at radius 1 is 1.22 bits per heavy atom. The molecule has 0 atom stereocenters. The Labute approximate surface area is 162 Å². The van der Waals surface area contributed by atoms with Gasteiger partial charge in [0.1, 0.15) is 11.4 Å². The molecule has 27 heavy (non-hydrogen) atoms. The zero-order chi connectivity index (χ0) is 19.8. The number of likely N-dealkylation sites (N-methyl/N-ethyl adjacent to an activating group) is 1. The van der Waals surface area contributed by atoms with Crippen LogP contribution in [0.4, 0.5) is 15.8 Å². The Hall–Kier alpha value is -2.44. The fourth-order valence-corrected chi connectivity index (χ4v) is 3.43. The Morgan fingerprint density at radius 3 is 2.63 bits per heavy atom. The Morgan fingerprint density at radius 2 is 1.93 bits per heavy atom. The lowest BCUT2D eigenvalue weighted by Gasteiger charge is -2.42. The van der Waals surface area contributed by atoms with Crippen molar-refractivity contribution in [2.75, 3.05) is 23.8 Å². The number of rotatable bonds is 4.